The number of likely N-dealkylation sites (tertiary alicyclic amines) is 1. The molecule has 0 radical (unpaired) electrons. The maximum atomic E-state index is 13.2. The molecule has 1 atom stereocenters. The van der Waals surface area contributed by atoms with Crippen LogP contribution in [0.25, 0.3) is 0 Å². The summed E-state index contributed by atoms with van der Waals surface area (Å²) in [7, 11) is 0. The summed E-state index contributed by atoms with van der Waals surface area (Å²) in [6.45, 7) is 3.61. The number of benzene rings is 2. The SMILES string of the molecule is O=C([C@H]1CCCN(Cc2ccc(Cl)cc2Cl)C1)N1CCOc2ccccc21. The van der Waals surface area contributed by atoms with E-state index >= 15 is 0 Å². The first kappa shape index (κ1) is 18.6. The summed E-state index contributed by atoms with van der Waals surface area (Å²) in [5, 5.41) is 1.32. The number of nitrogens with zero attached hydrogens (tertiary/aromatic N) is 2. The van der Waals surface area contributed by atoms with E-state index in [0.717, 1.165) is 49.5 Å². The van der Waals surface area contributed by atoms with Crippen molar-refractivity contribution < 1.29 is 9.53 Å². The normalized spacial score (nSPS) is 20.1. The molecule has 0 saturated carbocycles. The number of hydrogen-bond donors (Lipinski definition) is 0. The topological polar surface area (TPSA) is 32.8 Å². The third kappa shape index (κ3) is 4.08. The lowest BCUT2D eigenvalue weighted by molar-refractivity contribution is -0.124. The standard InChI is InChI=1S/C21H22Cl2N2O2/c22-17-8-7-15(18(23)12-17)13-24-9-3-4-16(14-24)21(26)25-10-11-27-20-6-2-1-5-19(20)25/h1-2,5-8,12,16H,3-4,9-11,13-14H2/t16-/m0/s1. The molecule has 2 heterocycles. The average Bonchev–Trinajstić information content (AvgIpc) is 2.69. The van der Waals surface area contributed by atoms with Gasteiger partial charge in [0, 0.05) is 23.1 Å². The van der Waals surface area contributed by atoms with Crippen LogP contribution in [0.15, 0.2) is 42.5 Å². The molecule has 4 rings (SSSR count). The number of carbonyl (C=O) groups excluding carboxylic acids is 1. The molecule has 2 aliphatic heterocycles. The van der Waals surface area contributed by atoms with Crippen molar-refractivity contribution >= 4 is 34.8 Å². The summed E-state index contributed by atoms with van der Waals surface area (Å²) in [5.41, 5.74) is 1.93. The Morgan fingerprint density at radius 3 is 2.85 bits per heavy atom. The summed E-state index contributed by atoms with van der Waals surface area (Å²) in [6.07, 6.45) is 1.93. The Morgan fingerprint density at radius 2 is 2.00 bits per heavy atom. The smallest absolute Gasteiger partial charge is 0.231 e. The number of para-hydroxylation sites is 2. The van der Waals surface area contributed by atoms with Gasteiger partial charge in [-0.3, -0.25) is 9.69 Å². The van der Waals surface area contributed by atoms with Crippen molar-refractivity contribution in [3.8, 4) is 5.75 Å². The zero-order chi connectivity index (χ0) is 18.8. The number of hydrogen-bond acceptors (Lipinski definition) is 3. The number of halogens is 2. The average molecular weight is 405 g/mol. The summed E-state index contributed by atoms with van der Waals surface area (Å²) < 4.78 is 5.68. The van der Waals surface area contributed by atoms with Gasteiger partial charge in [-0.1, -0.05) is 41.4 Å². The van der Waals surface area contributed by atoms with E-state index in [4.69, 9.17) is 27.9 Å². The van der Waals surface area contributed by atoms with Crippen LogP contribution < -0.4 is 9.64 Å². The molecule has 27 heavy (non-hydrogen) atoms. The number of fused-ring (bicyclic) bond motifs is 1. The van der Waals surface area contributed by atoms with Crippen molar-refractivity contribution in [2.75, 3.05) is 31.1 Å². The Balaban J connectivity index is 1.46. The van der Waals surface area contributed by atoms with Crippen molar-refractivity contribution in [3.63, 3.8) is 0 Å². The van der Waals surface area contributed by atoms with E-state index in [0.29, 0.717) is 23.2 Å². The first-order valence-corrected chi connectivity index (χ1v) is 10.1. The largest absolute Gasteiger partial charge is 0.490 e. The van der Waals surface area contributed by atoms with E-state index in [1.54, 1.807) is 6.07 Å². The fourth-order valence-corrected chi connectivity index (χ4v) is 4.38. The molecule has 6 heteroatoms. The summed E-state index contributed by atoms with van der Waals surface area (Å²) >= 11 is 12.3. The van der Waals surface area contributed by atoms with Crippen LogP contribution in [0.2, 0.25) is 10.0 Å². The number of anilines is 1. The highest BCUT2D eigenvalue weighted by molar-refractivity contribution is 6.35. The predicted molar refractivity (Wildman–Crippen MR) is 109 cm³/mol. The van der Waals surface area contributed by atoms with Crippen LogP contribution in [-0.2, 0) is 11.3 Å². The number of ether oxygens (including phenoxy) is 1. The van der Waals surface area contributed by atoms with E-state index in [2.05, 4.69) is 4.90 Å². The van der Waals surface area contributed by atoms with Gasteiger partial charge in [0.15, 0.2) is 0 Å². The van der Waals surface area contributed by atoms with Gasteiger partial charge in [0.2, 0.25) is 5.91 Å². The molecule has 2 aliphatic rings. The molecule has 4 nitrogen and oxygen atoms in total. The van der Waals surface area contributed by atoms with Gasteiger partial charge in [-0.15, -0.1) is 0 Å². The van der Waals surface area contributed by atoms with Crippen molar-refractivity contribution in [2.24, 2.45) is 5.92 Å². The number of amides is 1. The molecular weight excluding hydrogens is 383 g/mol. The Bertz CT molecular complexity index is 843. The third-order valence-corrected chi connectivity index (χ3v) is 5.85. The lowest BCUT2D eigenvalue weighted by Gasteiger charge is -2.37. The fraction of sp³-hybridized carbons (Fsp3) is 0.381. The van der Waals surface area contributed by atoms with Gasteiger partial charge in [0.25, 0.3) is 0 Å². The molecule has 1 saturated heterocycles. The highest BCUT2D eigenvalue weighted by Crippen LogP contribution is 2.33. The van der Waals surface area contributed by atoms with Crippen molar-refractivity contribution in [2.45, 2.75) is 19.4 Å². The minimum atomic E-state index is -0.00372. The first-order chi connectivity index (χ1) is 13.1. The molecule has 1 amide bonds. The second kappa shape index (κ2) is 8.09. The Morgan fingerprint density at radius 1 is 1.15 bits per heavy atom. The van der Waals surface area contributed by atoms with Gasteiger partial charge in [-0.05, 0) is 49.2 Å². The summed E-state index contributed by atoms with van der Waals surface area (Å²) in [5.74, 6) is 0.978. The molecule has 0 unspecified atom stereocenters. The highest BCUT2D eigenvalue weighted by Gasteiger charge is 2.32. The van der Waals surface area contributed by atoms with Crippen LogP contribution in [-0.4, -0.2) is 37.0 Å². The van der Waals surface area contributed by atoms with E-state index in [1.165, 1.54) is 0 Å². The molecule has 0 aromatic heterocycles. The molecule has 0 bridgehead atoms. The summed E-state index contributed by atoms with van der Waals surface area (Å²) in [6, 6.07) is 13.4. The second-order valence-electron chi connectivity index (χ2n) is 7.12. The molecule has 0 aliphatic carbocycles. The fourth-order valence-electron chi connectivity index (χ4n) is 3.91. The van der Waals surface area contributed by atoms with Gasteiger partial charge in [0.1, 0.15) is 12.4 Å². The Kier molecular flexibility index (Phi) is 5.58. The van der Waals surface area contributed by atoms with E-state index in [9.17, 15) is 4.79 Å². The van der Waals surface area contributed by atoms with Crippen LogP contribution in [0.3, 0.4) is 0 Å². The maximum absolute atomic E-state index is 13.2. The quantitative estimate of drug-likeness (QED) is 0.747. The van der Waals surface area contributed by atoms with Gasteiger partial charge >= 0.3 is 0 Å². The molecule has 142 valence electrons. The number of piperidine rings is 1. The lowest BCUT2D eigenvalue weighted by atomic mass is 9.95. The third-order valence-electron chi connectivity index (χ3n) is 5.26. The van der Waals surface area contributed by atoms with Crippen LogP contribution in [0.1, 0.15) is 18.4 Å². The second-order valence-corrected chi connectivity index (χ2v) is 7.96. The minimum absolute atomic E-state index is 0.00372. The molecule has 0 N–H and O–H groups in total. The molecule has 0 spiro atoms. The minimum Gasteiger partial charge on any atom is -0.490 e. The Labute approximate surface area is 169 Å². The first-order valence-electron chi connectivity index (χ1n) is 9.31. The van der Waals surface area contributed by atoms with Crippen LogP contribution in [0, 0.1) is 5.92 Å². The van der Waals surface area contributed by atoms with E-state index in [-0.39, 0.29) is 11.8 Å². The number of rotatable bonds is 3. The van der Waals surface area contributed by atoms with Crippen molar-refractivity contribution in [3.05, 3.63) is 58.1 Å². The van der Waals surface area contributed by atoms with Crippen LogP contribution in [0.4, 0.5) is 5.69 Å². The number of carbonyl (C=O) groups is 1. The van der Waals surface area contributed by atoms with Gasteiger partial charge < -0.3 is 9.64 Å². The van der Waals surface area contributed by atoms with Crippen molar-refractivity contribution in [1.29, 1.82) is 0 Å². The van der Waals surface area contributed by atoms with Gasteiger partial charge in [-0.2, -0.15) is 0 Å². The summed E-state index contributed by atoms with van der Waals surface area (Å²) in [4.78, 5) is 17.4. The zero-order valence-corrected chi connectivity index (χ0v) is 16.5. The Hall–Kier alpha value is -1.75. The molecule has 1 fully saturated rings. The molecule has 2 aromatic carbocycles. The van der Waals surface area contributed by atoms with E-state index in [1.807, 2.05) is 41.3 Å². The van der Waals surface area contributed by atoms with Gasteiger partial charge in [0.05, 0.1) is 18.2 Å². The van der Waals surface area contributed by atoms with Crippen LogP contribution >= 0.6 is 23.2 Å². The van der Waals surface area contributed by atoms with Crippen LogP contribution in [0.5, 0.6) is 5.75 Å². The lowest BCUT2D eigenvalue weighted by Crippen LogP contribution is -2.47. The molecular formula is C21H22Cl2N2O2. The van der Waals surface area contributed by atoms with Crippen molar-refractivity contribution in [1.82, 2.24) is 4.90 Å². The van der Waals surface area contributed by atoms with E-state index < -0.39 is 0 Å². The van der Waals surface area contributed by atoms with Gasteiger partial charge in [-0.25, -0.2) is 0 Å². The monoisotopic (exact) mass is 404 g/mol. The zero-order valence-electron chi connectivity index (χ0n) is 15.0. The predicted octanol–water partition coefficient (Wildman–Crippen LogP) is 4.63. The highest BCUT2D eigenvalue weighted by atomic mass is 35.5. The molecule has 2 aromatic rings. The maximum Gasteiger partial charge on any atom is 0.231 e.